The predicted molar refractivity (Wildman–Crippen MR) is 125 cm³/mol. The summed E-state index contributed by atoms with van der Waals surface area (Å²) < 4.78 is 5.64. The number of anilines is 2. The van der Waals surface area contributed by atoms with E-state index in [1.807, 2.05) is 54.3 Å². The fourth-order valence-corrected chi connectivity index (χ4v) is 3.92. The Morgan fingerprint density at radius 2 is 1.74 bits per heavy atom. The number of para-hydroxylation sites is 1. The SMILES string of the molecule is CCC(=O)N1CCN(c2c(Cl)cccc2NC(=O)COc2ccc(C(C)C)cc2)CC1. The van der Waals surface area contributed by atoms with Crippen LogP contribution < -0.4 is 15.0 Å². The molecule has 3 rings (SSSR count). The van der Waals surface area contributed by atoms with E-state index in [2.05, 4.69) is 24.1 Å². The van der Waals surface area contributed by atoms with Gasteiger partial charge in [0, 0.05) is 32.6 Å². The van der Waals surface area contributed by atoms with Crippen molar-refractivity contribution in [3.8, 4) is 5.75 Å². The van der Waals surface area contributed by atoms with E-state index >= 15 is 0 Å². The van der Waals surface area contributed by atoms with Gasteiger partial charge in [0.05, 0.1) is 16.4 Å². The minimum absolute atomic E-state index is 0.0915. The van der Waals surface area contributed by atoms with Gasteiger partial charge in [-0.2, -0.15) is 0 Å². The highest BCUT2D eigenvalue weighted by Crippen LogP contribution is 2.34. The van der Waals surface area contributed by atoms with E-state index in [1.54, 1.807) is 0 Å². The summed E-state index contributed by atoms with van der Waals surface area (Å²) in [5.41, 5.74) is 2.65. The van der Waals surface area contributed by atoms with Gasteiger partial charge in [-0.25, -0.2) is 0 Å². The molecule has 0 saturated carbocycles. The van der Waals surface area contributed by atoms with Crippen LogP contribution in [0.5, 0.6) is 5.75 Å². The summed E-state index contributed by atoms with van der Waals surface area (Å²) in [5.74, 6) is 1.00. The standard InChI is InChI=1S/C24H30ClN3O3/c1-4-23(30)27-12-14-28(15-13-27)24-20(25)6-5-7-21(24)26-22(29)16-31-19-10-8-18(9-11-19)17(2)3/h5-11,17H,4,12-16H2,1-3H3,(H,26,29). The lowest BCUT2D eigenvalue weighted by atomic mass is 10.0. The lowest BCUT2D eigenvalue weighted by Gasteiger charge is -2.37. The van der Waals surface area contributed by atoms with Crippen LogP contribution in [-0.4, -0.2) is 49.5 Å². The number of carbonyl (C=O) groups excluding carboxylic acids is 2. The molecule has 0 aliphatic carbocycles. The Labute approximate surface area is 189 Å². The molecule has 31 heavy (non-hydrogen) atoms. The number of benzene rings is 2. The fraction of sp³-hybridized carbons (Fsp3) is 0.417. The van der Waals surface area contributed by atoms with Crippen LogP contribution >= 0.6 is 11.6 Å². The first-order valence-electron chi connectivity index (χ1n) is 10.7. The van der Waals surface area contributed by atoms with Gasteiger partial charge < -0.3 is 19.9 Å². The minimum Gasteiger partial charge on any atom is -0.484 e. The second kappa shape index (κ2) is 10.5. The lowest BCUT2D eigenvalue weighted by molar-refractivity contribution is -0.131. The van der Waals surface area contributed by atoms with Gasteiger partial charge in [0.25, 0.3) is 5.91 Å². The summed E-state index contributed by atoms with van der Waals surface area (Å²) in [4.78, 5) is 28.5. The van der Waals surface area contributed by atoms with Crippen LogP contribution in [0.4, 0.5) is 11.4 Å². The molecular formula is C24H30ClN3O3. The zero-order valence-corrected chi connectivity index (χ0v) is 19.1. The molecule has 166 valence electrons. The number of ether oxygens (including phenoxy) is 1. The van der Waals surface area contributed by atoms with Gasteiger partial charge >= 0.3 is 0 Å². The van der Waals surface area contributed by atoms with Crippen LogP contribution in [0.25, 0.3) is 0 Å². The average Bonchev–Trinajstić information content (AvgIpc) is 2.78. The third kappa shape index (κ3) is 5.91. The molecule has 7 heteroatoms. The molecule has 1 saturated heterocycles. The van der Waals surface area contributed by atoms with Gasteiger partial charge in [-0.05, 0) is 35.7 Å². The van der Waals surface area contributed by atoms with Crippen molar-refractivity contribution in [1.29, 1.82) is 0 Å². The number of hydrogen-bond acceptors (Lipinski definition) is 4. The van der Waals surface area contributed by atoms with Crippen molar-refractivity contribution in [2.75, 3.05) is 43.0 Å². The van der Waals surface area contributed by atoms with Crippen LogP contribution in [0.2, 0.25) is 5.02 Å². The Bertz CT molecular complexity index is 907. The van der Waals surface area contributed by atoms with E-state index in [0.29, 0.717) is 55.0 Å². The highest BCUT2D eigenvalue weighted by atomic mass is 35.5. The van der Waals surface area contributed by atoms with Crippen molar-refractivity contribution >= 4 is 34.8 Å². The second-order valence-corrected chi connectivity index (χ2v) is 8.33. The maximum absolute atomic E-state index is 12.5. The zero-order chi connectivity index (χ0) is 22.4. The average molecular weight is 444 g/mol. The summed E-state index contributed by atoms with van der Waals surface area (Å²) in [6.07, 6.45) is 0.508. The molecule has 0 aromatic heterocycles. The normalized spacial score (nSPS) is 14.0. The minimum atomic E-state index is -0.253. The first-order chi connectivity index (χ1) is 14.9. The molecule has 2 amide bonds. The maximum Gasteiger partial charge on any atom is 0.262 e. The molecule has 1 aliphatic heterocycles. The summed E-state index contributed by atoms with van der Waals surface area (Å²) >= 11 is 6.48. The molecule has 1 heterocycles. The molecular weight excluding hydrogens is 414 g/mol. The van der Waals surface area contributed by atoms with Gasteiger partial charge in [0.1, 0.15) is 5.75 Å². The van der Waals surface area contributed by atoms with Gasteiger partial charge in [-0.1, -0.05) is 50.6 Å². The summed E-state index contributed by atoms with van der Waals surface area (Å²) in [6, 6.07) is 13.2. The number of nitrogens with one attached hydrogen (secondary N) is 1. The van der Waals surface area contributed by atoms with Crippen LogP contribution in [0, 0.1) is 0 Å². The van der Waals surface area contributed by atoms with Crippen molar-refractivity contribution in [3.63, 3.8) is 0 Å². The van der Waals surface area contributed by atoms with Crippen LogP contribution in [0.3, 0.4) is 0 Å². The molecule has 1 aliphatic rings. The molecule has 1 fully saturated rings. The maximum atomic E-state index is 12.5. The number of hydrogen-bond donors (Lipinski definition) is 1. The van der Waals surface area contributed by atoms with E-state index in [-0.39, 0.29) is 18.4 Å². The molecule has 0 spiro atoms. The van der Waals surface area contributed by atoms with Crippen molar-refractivity contribution in [3.05, 3.63) is 53.1 Å². The monoisotopic (exact) mass is 443 g/mol. The fourth-order valence-electron chi connectivity index (χ4n) is 3.62. The smallest absolute Gasteiger partial charge is 0.262 e. The molecule has 0 atom stereocenters. The molecule has 6 nitrogen and oxygen atoms in total. The lowest BCUT2D eigenvalue weighted by Crippen LogP contribution is -2.48. The topological polar surface area (TPSA) is 61.9 Å². The number of nitrogens with zero attached hydrogens (tertiary/aromatic N) is 2. The Hall–Kier alpha value is -2.73. The number of rotatable bonds is 7. The molecule has 0 radical (unpaired) electrons. The zero-order valence-electron chi connectivity index (χ0n) is 18.4. The van der Waals surface area contributed by atoms with E-state index in [4.69, 9.17) is 16.3 Å². The highest BCUT2D eigenvalue weighted by molar-refractivity contribution is 6.34. The van der Waals surface area contributed by atoms with Gasteiger partial charge in [0.2, 0.25) is 5.91 Å². The van der Waals surface area contributed by atoms with Gasteiger partial charge in [-0.3, -0.25) is 9.59 Å². The quantitative estimate of drug-likeness (QED) is 0.682. The largest absolute Gasteiger partial charge is 0.484 e. The summed E-state index contributed by atoms with van der Waals surface area (Å²) in [6.45, 7) is 8.65. The predicted octanol–water partition coefficient (Wildman–Crippen LogP) is 4.54. The van der Waals surface area contributed by atoms with E-state index < -0.39 is 0 Å². The highest BCUT2D eigenvalue weighted by Gasteiger charge is 2.24. The first-order valence-corrected chi connectivity index (χ1v) is 11.1. The third-order valence-electron chi connectivity index (χ3n) is 5.43. The van der Waals surface area contributed by atoms with Crippen molar-refractivity contribution < 1.29 is 14.3 Å². The van der Waals surface area contributed by atoms with E-state index in [1.165, 1.54) is 5.56 Å². The molecule has 0 bridgehead atoms. The van der Waals surface area contributed by atoms with Crippen LogP contribution in [-0.2, 0) is 9.59 Å². The van der Waals surface area contributed by atoms with Gasteiger partial charge in [-0.15, -0.1) is 0 Å². The van der Waals surface area contributed by atoms with Crippen molar-refractivity contribution in [2.24, 2.45) is 0 Å². The number of piperazine rings is 1. The first kappa shape index (κ1) is 22.9. The Kier molecular flexibility index (Phi) is 7.80. The van der Waals surface area contributed by atoms with Gasteiger partial charge in [0.15, 0.2) is 6.61 Å². The van der Waals surface area contributed by atoms with E-state index in [9.17, 15) is 9.59 Å². The summed E-state index contributed by atoms with van der Waals surface area (Å²) in [5, 5.41) is 3.49. The molecule has 1 N–H and O–H groups in total. The van der Waals surface area contributed by atoms with Crippen LogP contribution in [0.15, 0.2) is 42.5 Å². The van der Waals surface area contributed by atoms with Crippen molar-refractivity contribution in [2.45, 2.75) is 33.1 Å². The number of carbonyl (C=O) groups is 2. The number of amides is 2. The van der Waals surface area contributed by atoms with Crippen LogP contribution in [0.1, 0.15) is 38.7 Å². The molecule has 0 unspecified atom stereocenters. The van der Waals surface area contributed by atoms with Crippen molar-refractivity contribution in [1.82, 2.24) is 4.90 Å². The number of halogens is 1. The Balaban J connectivity index is 1.62. The Morgan fingerprint density at radius 3 is 2.35 bits per heavy atom. The molecule has 2 aromatic carbocycles. The summed E-state index contributed by atoms with van der Waals surface area (Å²) in [7, 11) is 0. The van der Waals surface area contributed by atoms with E-state index in [0.717, 1.165) is 5.69 Å². The molecule has 2 aromatic rings. The Morgan fingerprint density at radius 1 is 1.06 bits per heavy atom. The third-order valence-corrected chi connectivity index (χ3v) is 5.73. The second-order valence-electron chi connectivity index (χ2n) is 7.92.